The highest BCUT2D eigenvalue weighted by atomic mass is 32.2. The van der Waals surface area contributed by atoms with E-state index in [1.165, 1.54) is 6.07 Å². The summed E-state index contributed by atoms with van der Waals surface area (Å²) < 4.78 is 31.6. The summed E-state index contributed by atoms with van der Waals surface area (Å²) in [5, 5.41) is 10.6. The molecule has 29 heavy (non-hydrogen) atoms. The lowest BCUT2D eigenvalue weighted by Crippen LogP contribution is -2.14. The van der Waals surface area contributed by atoms with Crippen LogP contribution in [-0.2, 0) is 17.6 Å². The predicted octanol–water partition coefficient (Wildman–Crippen LogP) is 3.74. The first-order valence-corrected chi connectivity index (χ1v) is 9.69. The maximum atomic E-state index is 13.2. The third-order valence-electron chi connectivity index (χ3n) is 3.99. The molecular weight excluding hydrogens is 400 g/mol. The number of anilines is 1. The molecule has 0 unspecified atom stereocenters. The fourth-order valence-corrected chi connectivity index (χ4v) is 3.23. The number of hydrogen-bond donors (Lipinski definition) is 2. The average molecular weight is 415 g/mol. The van der Waals surface area contributed by atoms with E-state index >= 15 is 0 Å². The maximum Gasteiger partial charge on any atom is 0.277 e. The summed E-state index contributed by atoms with van der Waals surface area (Å²) in [4.78, 5) is 19.7. The molecule has 0 bridgehead atoms. The van der Waals surface area contributed by atoms with Gasteiger partial charge < -0.3 is 14.7 Å². The van der Waals surface area contributed by atoms with E-state index in [-0.39, 0.29) is 16.7 Å². The summed E-state index contributed by atoms with van der Waals surface area (Å²) >= 11 is 1.06. The number of nitrogens with zero attached hydrogens (tertiary/aromatic N) is 3. The van der Waals surface area contributed by atoms with Gasteiger partial charge in [0.1, 0.15) is 5.82 Å². The number of aromatic amines is 1. The van der Waals surface area contributed by atoms with Gasteiger partial charge in [0.15, 0.2) is 11.6 Å². The molecule has 0 radical (unpaired) electrons. The Morgan fingerprint density at radius 1 is 1.10 bits per heavy atom. The van der Waals surface area contributed by atoms with E-state index in [9.17, 15) is 13.6 Å². The molecule has 0 fully saturated rings. The van der Waals surface area contributed by atoms with Gasteiger partial charge in [0.25, 0.3) is 5.22 Å². The maximum absolute atomic E-state index is 13.2. The SMILES string of the molecule is O=C(CSc1nnc(CCc2nc3ccccc3[nH]2)o1)Nc1ccc(F)c(F)c1. The summed E-state index contributed by atoms with van der Waals surface area (Å²) in [5.74, 6) is -1.15. The van der Waals surface area contributed by atoms with Crippen LogP contribution in [0.3, 0.4) is 0 Å². The van der Waals surface area contributed by atoms with Gasteiger partial charge in [-0.1, -0.05) is 23.9 Å². The average Bonchev–Trinajstić information content (AvgIpc) is 3.34. The standard InChI is InChI=1S/C19H15F2N5O2S/c20-12-6-5-11(9-13(12)21)22-17(27)10-29-19-26-25-18(28-19)8-7-16-23-14-3-1-2-4-15(14)24-16/h1-6,9H,7-8,10H2,(H,22,27)(H,23,24). The smallest absolute Gasteiger partial charge is 0.277 e. The van der Waals surface area contributed by atoms with Gasteiger partial charge in [-0.2, -0.15) is 0 Å². The van der Waals surface area contributed by atoms with Crippen molar-refractivity contribution in [3.05, 3.63) is 65.8 Å². The third kappa shape index (κ3) is 4.77. The highest BCUT2D eigenvalue weighted by Crippen LogP contribution is 2.19. The number of imidazole rings is 1. The Balaban J connectivity index is 1.27. The van der Waals surface area contributed by atoms with Crippen LogP contribution in [0.4, 0.5) is 14.5 Å². The molecule has 4 rings (SSSR count). The predicted molar refractivity (Wildman–Crippen MR) is 104 cm³/mol. The quantitative estimate of drug-likeness (QED) is 0.447. The highest BCUT2D eigenvalue weighted by Gasteiger charge is 2.12. The van der Waals surface area contributed by atoms with E-state index in [1.54, 1.807) is 0 Å². The second-order valence-corrected chi connectivity index (χ2v) is 7.05. The van der Waals surface area contributed by atoms with Gasteiger partial charge >= 0.3 is 0 Å². The van der Waals surface area contributed by atoms with E-state index in [4.69, 9.17) is 4.42 Å². The summed E-state index contributed by atoms with van der Waals surface area (Å²) in [6.07, 6.45) is 1.12. The van der Waals surface area contributed by atoms with Crippen molar-refractivity contribution in [1.82, 2.24) is 20.2 Å². The van der Waals surface area contributed by atoms with Crippen molar-refractivity contribution in [3.8, 4) is 0 Å². The van der Waals surface area contributed by atoms with Crippen LogP contribution >= 0.6 is 11.8 Å². The van der Waals surface area contributed by atoms with E-state index in [2.05, 4.69) is 25.5 Å². The lowest BCUT2D eigenvalue weighted by molar-refractivity contribution is -0.113. The number of thioether (sulfide) groups is 1. The van der Waals surface area contributed by atoms with Crippen LogP contribution in [0, 0.1) is 11.6 Å². The van der Waals surface area contributed by atoms with Gasteiger partial charge in [-0.25, -0.2) is 13.8 Å². The van der Waals surface area contributed by atoms with Crippen LogP contribution in [0.25, 0.3) is 11.0 Å². The first-order chi connectivity index (χ1) is 14.1. The Morgan fingerprint density at radius 3 is 2.79 bits per heavy atom. The molecule has 4 aromatic rings. The number of halogens is 2. The van der Waals surface area contributed by atoms with Crippen LogP contribution in [0.2, 0.25) is 0 Å². The van der Waals surface area contributed by atoms with Gasteiger partial charge in [0, 0.05) is 24.6 Å². The van der Waals surface area contributed by atoms with Crippen molar-refractivity contribution in [2.24, 2.45) is 0 Å². The molecule has 2 aromatic carbocycles. The Hall–Kier alpha value is -3.27. The molecule has 2 aromatic heterocycles. The third-order valence-corrected chi connectivity index (χ3v) is 4.81. The molecule has 2 heterocycles. The molecule has 2 N–H and O–H groups in total. The first kappa shape index (κ1) is 19.1. The number of amides is 1. The number of carbonyl (C=O) groups is 1. The second kappa shape index (κ2) is 8.39. The van der Waals surface area contributed by atoms with Crippen LogP contribution in [-0.4, -0.2) is 31.8 Å². The molecule has 0 aliphatic rings. The second-order valence-electron chi connectivity index (χ2n) is 6.13. The zero-order chi connectivity index (χ0) is 20.2. The topological polar surface area (TPSA) is 96.7 Å². The van der Waals surface area contributed by atoms with E-state index in [0.29, 0.717) is 18.7 Å². The highest BCUT2D eigenvalue weighted by molar-refractivity contribution is 7.99. The Morgan fingerprint density at radius 2 is 1.97 bits per heavy atom. The monoisotopic (exact) mass is 415 g/mol. The number of benzene rings is 2. The summed E-state index contributed by atoms with van der Waals surface area (Å²) in [7, 11) is 0. The Labute approximate surface area is 167 Å². The molecule has 148 valence electrons. The van der Waals surface area contributed by atoms with Crippen molar-refractivity contribution in [3.63, 3.8) is 0 Å². The molecule has 10 heteroatoms. The van der Waals surface area contributed by atoms with Crippen LogP contribution < -0.4 is 5.32 Å². The lowest BCUT2D eigenvalue weighted by atomic mass is 10.3. The molecule has 0 saturated carbocycles. The van der Waals surface area contributed by atoms with E-state index < -0.39 is 17.5 Å². The Kier molecular flexibility index (Phi) is 5.52. The number of hydrogen-bond acceptors (Lipinski definition) is 6. The lowest BCUT2D eigenvalue weighted by Gasteiger charge is -2.04. The van der Waals surface area contributed by atoms with Crippen molar-refractivity contribution in [1.29, 1.82) is 0 Å². The summed E-state index contributed by atoms with van der Waals surface area (Å²) in [6, 6.07) is 10.9. The fraction of sp³-hybridized carbons (Fsp3) is 0.158. The molecular formula is C19H15F2N5O2S. The largest absolute Gasteiger partial charge is 0.416 e. The number of fused-ring (bicyclic) bond motifs is 1. The van der Waals surface area contributed by atoms with Crippen molar-refractivity contribution in [2.45, 2.75) is 18.1 Å². The molecule has 0 aliphatic carbocycles. The van der Waals surface area contributed by atoms with E-state index in [1.807, 2.05) is 24.3 Å². The number of aromatic nitrogens is 4. The van der Waals surface area contributed by atoms with Crippen molar-refractivity contribution in [2.75, 3.05) is 11.1 Å². The number of para-hydroxylation sites is 2. The van der Waals surface area contributed by atoms with Gasteiger partial charge in [0.05, 0.1) is 16.8 Å². The summed E-state index contributed by atoms with van der Waals surface area (Å²) in [6.45, 7) is 0. The van der Waals surface area contributed by atoms with E-state index in [0.717, 1.165) is 40.8 Å². The molecule has 0 spiro atoms. The summed E-state index contributed by atoms with van der Waals surface area (Å²) in [5.41, 5.74) is 2.04. The minimum atomic E-state index is -1.03. The van der Waals surface area contributed by atoms with Gasteiger partial charge in [-0.15, -0.1) is 10.2 Å². The first-order valence-electron chi connectivity index (χ1n) is 8.70. The minimum absolute atomic E-state index is 0.00972. The van der Waals surface area contributed by atoms with Gasteiger partial charge in [-0.05, 0) is 24.3 Å². The molecule has 7 nitrogen and oxygen atoms in total. The normalized spacial score (nSPS) is 11.1. The number of H-pyrrole nitrogens is 1. The minimum Gasteiger partial charge on any atom is -0.416 e. The number of nitrogens with one attached hydrogen (secondary N) is 2. The van der Waals surface area contributed by atoms with Gasteiger partial charge in [-0.3, -0.25) is 4.79 Å². The van der Waals surface area contributed by atoms with Crippen LogP contribution in [0.15, 0.2) is 52.1 Å². The Bertz CT molecular complexity index is 1130. The molecule has 1 amide bonds. The van der Waals surface area contributed by atoms with Gasteiger partial charge in [0.2, 0.25) is 11.8 Å². The zero-order valence-electron chi connectivity index (χ0n) is 15.0. The molecule has 0 atom stereocenters. The van der Waals surface area contributed by atoms with Crippen LogP contribution in [0.1, 0.15) is 11.7 Å². The number of aryl methyl sites for hydroxylation is 2. The number of carbonyl (C=O) groups excluding carboxylic acids is 1. The molecule has 0 aliphatic heterocycles. The zero-order valence-corrected chi connectivity index (χ0v) is 15.8. The number of rotatable bonds is 7. The molecule has 0 saturated heterocycles. The van der Waals surface area contributed by atoms with Crippen LogP contribution in [0.5, 0.6) is 0 Å². The van der Waals surface area contributed by atoms with Crippen molar-refractivity contribution < 1.29 is 18.0 Å². The van der Waals surface area contributed by atoms with Crippen molar-refractivity contribution >= 4 is 34.4 Å². The fourth-order valence-electron chi connectivity index (χ4n) is 2.65.